The molecule has 2 rings (SSSR count). The summed E-state index contributed by atoms with van der Waals surface area (Å²) in [6.07, 6.45) is 1.63. The zero-order valence-electron chi connectivity index (χ0n) is 10.1. The fourth-order valence-electron chi connectivity index (χ4n) is 1.64. The molecule has 0 bridgehead atoms. The number of aromatic carboxylic acids is 1. The molecule has 0 radical (unpaired) electrons. The molecular formula is C13H11ClN2O3. The number of methoxy groups -OCH3 is 1. The van der Waals surface area contributed by atoms with Gasteiger partial charge in [0.15, 0.2) is 0 Å². The standard InChI is InChI=1S/C13H11ClN2O3/c1-19-10-5-3-2-4-8(10)6-11-15-7-9(13(17)18)12(14)16-11/h2-5,7H,6H2,1H3,(H,17,18). The fraction of sp³-hybridized carbons (Fsp3) is 0.154. The lowest BCUT2D eigenvalue weighted by Crippen LogP contribution is -2.05. The topological polar surface area (TPSA) is 72.3 Å². The van der Waals surface area contributed by atoms with E-state index in [0.717, 1.165) is 11.3 Å². The lowest BCUT2D eigenvalue weighted by atomic mass is 10.1. The molecule has 0 spiro atoms. The number of nitrogens with zero attached hydrogens (tertiary/aromatic N) is 2. The maximum absolute atomic E-state index is 10.8. The normalized spacial score (nSPS) is 10.2. The van der Waals surface area contributed by atoms with E-state index in [9.17, 15) is 4.79 Å². The molecule has 5 nitrogen and oxygen atoms in total. The van der Waals surface area contributed by atoms with E-state index < -0.39 is 5.97 Å². The van der Waals surface area contributed by atoms with E-state index in [2.05, 4.69) is 9.97 Å². The van der Waals surface area contributed by atoms with Crippen molar-refractivity contribution in [2.75, 3.05) is 7.11 Å². The van der Waals surface area contributed by atoms with Gasteiger partial charge in [0.1, 0.15) is 22.3 Å². The van der Waals surface area contributed by atoms with E-state index in [1.54, 1.807) is 7.11 Å². The molecule has 0 unspecified atom stereocenters. The highest BCUT2D eigenvalue weighted by Gasteiger charge is 2.12. The van der Waals surface area contributed by atoms with Crippen LogP contribution in [0.5, 0.6) is 5.75 Å². The molecule has 1 N–H and O–H groups in total. The molecule has 0 aliphatic rings. The Morgan fingerprint density at radius 1 is 1.42 bits per heavy atom. The van der Waals surface area contributed by atoms with Crippen LogP contribution < -0.4 is 4.74 Å². The quantitative estimate of drug-likeness (QED) is 0.870. The lowest BCUT2D eigenvalue weighted by molar-refractivity contribution is 0.0696. The second-order valence-corrected chi connectivity index (χ2v) is 4.14. The molecule has 6 heteroatoms. The van der Waals surface area contributed by atoms with Gasteiger partial charge in [-0.15, -0.1) is 0 Å². The van der Waals surface area contributed by atoms with Crippen LogP contribution in [0, 0.1) is 0 Å². The minimum Gasteiger partial charge on any atom is -0.496 e. The third-order valence-corrected chi connectivity index (χ3v) is 2.85. The Kier molecular flexibility index (Phi) is 3.97. The number of halogens is 1. The van der Waals surface area contributed by atoms with Crippen molar-refractivity contribution in [1.82, 2.24) is 9.97 Å². The maximum Gasteiger partial charge on any atom is 0.340 e. The monoisotopic (exact) mass is 278 g/mol. The van der Waals surface area contributed by atoms with Gasteiger partial charge in [0.05, 0.1) is 7.11 Å². The lowest BCUT2D eigenvalue weighted by Gasteiger charge is -2.07. The smallest absolute Gasteiger partial charge is 0.340 e. The van der Waals surface area contributed by atoms with E-state index >= 15 is 0 Å². The summed E-state index contributed by atoms with van der Waals surface area (Å²) in [5.41, 5.74) is 0.801. The summed E-state index contributed by atoms with van der Waals surface area (Å²) in [4.78, 5) is 18.8. The SMILES string of the molecule is COc1ccccc1Cc1ncc(C(=O)O)c(Cl)n1. The van der Waals surface area contributed by atoms with Crippen molar-refractivity contribution in [2.45, 2.75) is 6.42 Å². The Hall–Kier alpha value is -2.14. The third kappa shape index (κ3) is 3.00. The van der Waals surface area contributed by atoms with E-state index in [1.807, 2.05) is 24.3 Å². The van der Waals surface area contributed by atoms with Gasteiger partial charge in [0.2, 0.25) is 0 Å². The molecule has 0 aliphatic carbocycles. The van der Waals surface area contributed by atoms with Crippen molar-refractivity contribution in [3.63, 3.8) is 0 Å². The predicted octanol–water partition coefficient (Wildman–Crippen LogP) is 2.43. The summed E-state index contributed by atoms with van der Waals surface area (Å²) >= 11 is 5.80. The average molecular weight is 279 g/mol. The molecule has 0 aliphatic heterocycles. The predicted molar refractivity (Wildman–Crippen MR) is 69.8 cm³/mol. The van der Waals surface area contributed by atoms with Gasteiger partial charge in [-0.1, -0.05) is 29.8 Å². The van der Waals surface area contributed by atoms with Crippen molar-refractivity contribution in [3.05, 3.63) is 52.6 Å². The second-order valence-electron chi connectivity index (χ2n) is 3.78. The number of ether oxygens (including phenoxy) is 1. The van der Waals surface area contributed by atoms with Crippen LogP contribution >= 0.6 is 11.6 Å². The van der Waals surface area contributed by atoms with Crippen LogP contribution in [0.3, 0.4) is 0 Å². The molecule has 0 saturated carbocycles. The Balaban J connectivity index is 2.29. The first-order valence-electron chi connectivity index (χ1n) is 5.48. The summed E-state index contributed by atoms with van der Waals surface area (Å²) in [5, 5.41) is 8.78. The van der Waals surface area contributed by atoms with E-state index in [1.165, 1.54) is 6.20 Å². The highest BCUT2D eigenvalue weighted by molar-refractivity contribution is 6.32. The average Bonchev–Trinajstić information content (AvgIpc) is 2.39. The van der Waals surface area contributed by atoms with Gasteiger partial charge in [-0.2, -0.15) is 0 Å². The number of para-hydroxylation sites is 1. The van der Waals surface area contributed by atoms with Gasteiger partial charge < -0.3 is 9.84 Å². The zero-order chi connectivity index (χ0) is 13.8. The Morgan fingerprint density at radius 2 is 2.16 bits per heavy atom. The van der Waals surface area contributed by atoms with Gasteiger partial charge in [-0.25, -0.2) is 14.8 Å². The highest BCUT2D eigenvalue weighted by atomic mass is 35.5. The first-order chi connectivity index (χ1) is 9.11. The number of hydrogen-bond acceptors (Lipinski definition) is 4. The number of rotatable bonds is 4. The fourth-order valence-corrected chi connectivity index (χ4v) is 1.87. The molecule has 2 aromatic rings. The summed E-state index contributed by atoms with van der Waals surface area (Å²) < 4.78 is 5.23. The molecule has 1 heterocycles. The number of hydrogen-bond donors (Lipinski definition) is 1. The van der Waals surface area contributed by atoms with Crippen LogP contribution in [0.15, 0.2) is 30.5 Å². The maximum atomic E-state index is 10.8. The van der Waals surface area contributed by atoms with Crippen molar-refractivity contribution >= 4 is 17.6 Å². The molecule has 1 aromatic heterocycles. The summed E-state index contributed by atoms with van der Waals surface area (Å²) in [6.45, 7) is 0. The van der Waals surface area contributed by atoms with E-state index in [4.69, 9.17) is 21.4 Å². The van der Waals surface area contributed by atoms with Gasteiger partial charge in [0, 0.05) is 18.2 Å². The van der Waals surface area contributed by atoms with Gasteiger partial charge >= 0.3 is 5.97 Å². The van der Waals surface area contributed by atoms with Crippen molar-refractivity contribution < 1.29 is 14.6 Å². The van der Waals surface area contributed by atoms with E-state index in [-0.39, 0.29) is 10.7 Å². The highest BCUT2D eigenvalue weighted by Crippen LogP contribution is 2.20. The number of benzene rings is 1. The summed E-state index contributed by atoms with van der Waals surface area (Å²) in [6, 6.07) is 7.47. The number of carboxylic acids is 1. The van der Waals surface area contributed by atoms with Crippen LogP contribution in [-0.4, -0.2) is 28.2 Å². The number of carboxylic acid groups (broad SMARTS) is 1. The Morgan fingerprint density at radius 3 is 2.79 bits per heavy atom. The van der Waals surface area contributed by atoms with Crippen molar-refractivity contribution in [2.24, 2.45) is 0 Å². The van der Waals surface area contributed by atoms with Crippen LogP contribution in [0.4, 0.5) is 0 Å². The van der Waals surface area contributed by atoms with Gasteiger partial charge in [-0.3, -0.25) is 0 Å². The Labute approximate surface area is 114 Å². The number of aromatic nitrogens is 2. The molecule has 0 atom stereocenters. The van der Waals surface area contributed by atoms with E-state index in [0.29, 0.717) is 12.2 Å². The second kappa shape index (κ2) is 5.67. The van der Waals surface area contributed by atoms with Crippen molar-refractivity contribution in [1.29, 1.82) is 0 Å². The Bertz CT molecular complexity index is 617. The first kappa shape index (κ1) is 13.3. The molecule has 1 aromatic carbocycles. The van der Waals surface area contributed by atoms with Crippen LogP contribution in [0.2, 0.25) is 5.15 Å². The van der Waals surface area contributed by atoms with Crippen molar-refractivity contribution in [3.8, 4) is 5.75 Å². The summed E-state index contributed by atoms with van der Waals surface area (Å²) in [5.74, 6) is 0.0258. The molecule has 98 valence electrons. The van der Waals surface area contributed by atoms with Crippen LogP contribution in [0.25, 0.3) is 0 Å². The minimum atomic E-state index is -1.14. The summed E-state index contributed by atoms with van der Waals surface area (Å²) in [7, 11) is 1.58. The largest absolute Gasteiger partial charge is 0.496 e. The molecule has 0 amide bonds. The van der Waals surface area contributed by atoms with Gasteiger partial charge in [0.25, 0.3) is 0 Å². The molecular weight excluding hydrogens is 268 g/mol. The first-order valence-corrected chi connectivity index (χ1v) is 5.86. The van der Waals surface area contributed by atoms with Crippen LogP contribution in [-0.2, 0) is 6.42 Å². The number of carbonyl (C=O) groups is 1. The third-order valence-electron chi connectivity index (χ3n) is 2.56. The van der Waals surface area contributed by atoms with Crippen LogP contribution in [0.1, 0.15) is 21.7 Å². The minimum absolute atomic E-state index is 0.0626. The molecule has 0 saturated heterocycles. The molecule has 19 heavy (non-hydrogen) atoms. The van der Waals surface area contributed by atoms with Gasteiger partial charge in [-0.05, 0) is 6.07 Å². The molecule has 0 fully saturated rings. The zero-order valence-corrected chi connectivity index (χ0v) is 10.9.